The first-order valence-corrected chi connectivity index (χ1v) is 8.91. The quantitative estimate of drug-likeness (QED) is 0.856. The zero-order chi connectivity index (χ0) is 16.2. The van der Waals surface area contributed by atoms with Crippen LogP contribution in [0, 0.1) is 0 Å². The van der Waals surface area contributed by atoms with E-state index in [1.807, 2.05) is 24.3 Å². The lowest BCUT2D eigenvalue weighted by atomic mass is 9.95. The molecule has 2 nitrogen and oxygen atoms in total. The summed E-state index contributed by atoms with van der Waals surface area (Å²) in [5.41, 5.74) is 2.54. The molecule has 0 spiro atoms. The second kappa shape index (κ2) is 7.67. The summed E-state index contributed by atoms with van der Waals surface area (Å²) >= 11 is 12.1. The van der Waals surface area contributed by atoms with Gasteiger partial charge in [-0.3, -0.25) is 4.90 Å². The van der Waals surface area contributed by atoms with Crippen molar-refractivity contribution in [1.82, 2.24) is 10.2 Å². The van der Waals surface area contributed by atoms with Gasteiger partial charge in [0.2, 0.25) is 0 Å². The van der Waals surface area contributed by atoms with Crippen molar-refractivity contribution in [3.05, 3.63) is 69.7 Å². The molecule has 1 fully saturated rings. The first kappa shape index (κ1) is 16.8. The van der Waals surface area contributed by atoms with Crippen molar-refractivity contribution in [2.24, 2.45) is 0 Å². The third kappa shape index (κ3) is 4.07. The molecule has 23 heavy (non-hydrogen) atoms. The van der Waals surface area contributed by atoms with Gasteiger partial charge in [0.05, 0.1) is 6.04 Å². The summed E-state index contributed by atoms with van der Waals surface area (Å²) in [4.78, 5) is 2.55. The molecule has 0 amide bonds. The fourth-order valence-corrected chi connectivity index (χ4v) is 3.52. The van der Waals surface area contributed by atoms with Crippen LogP contribution in [0.25, 0.3) is 0 Å². The number of benzene rings is 2. The Morgan fingerprint density at radius 1 is 1.00 bits per heavy atom. The van der Waals surface area contributed by atoms with Crippen molar-refractivity contribution in [2.45, 2.75) is 25.4 Å². The first-order chi connectivity index (χ1) is 11.2. The van der Waals surface area contributed by atoms with Gasteiger partial charge in [0.15, 0.2) is 0 Å². The number of rotatable bonds is 4. The third-order valence-corrected chi connectivity index (χ3v) is 5.02. The molecule has 0 aliphatic carbocycles. The highest BCUT2D eigenvalue weighted by Gasteiger charge is 2.27. The molecule has 1 atom stereocenters. The Morgan fingerprint density at radius 3 is 2.00 bits per heavy atom. The van der Waals surface area contributed by atoms with Crippen molar-refractivity contribution in [1.29, 1.82) is 0 Å². The summed E-state index contributed by atoms with van der Waals surface area (Å²) in [5, 5.41) is 5.14. The van der Waals surface area contributed by atoms with E-state index < -0.39 is 0 Å². The van der Waals surface area contributed by atoms with Crippen LogP contribution in [0.3, 0.4) is 0 Å². The van der Waals surface area contributed by atoms with Gasteiger partial charge < -0.3 is 5.32 Å². The fourth-order valence-electron chi connectivity index (χ4n) is 3.26. The molecule has 0 unspecified atom stereocenters. The molecule has 0 saturated carbocycles. The third-order valence-electron chi connectivity index (χ3n) is 4.52. The smallest absolute Gasteiger partial charge is 0.0602 e. The van der Waals surface area contributed by atoms with E-state index in [2.05, 4.69) is 41.4 Å². The van der Waals surface area contributed by atoms with Crippen LogP contribution in [0.5, 0.6) is 0 Å². The van der Waals surface area contributed by atoms with E-state index in [1.54, 1.807) is 0 Å². The maximum Gasteiger partial charge on any atom is 0.0602 e. The van der Waals surface area contributed by atoms with E-state index in [9.17, 15) is 0 Å². The maximum atomic E-state index is 6.07. The second-order valence-electron chi connectivity index (χ2n) is 6.06. The second-order valence-corrected chi connectivity index (χ2v) is 6.93. The SMILES string of the molecule is CC[C@H]1CN(C(c2ccc(Cl)cc2)c2ccc(Cl)cc2)CCN1. The lowest BCUT2D eigenvalue weighted by Gasteiger charge is -2.39. The molecule has 3 rings (SSSR count). The number of hydrogen-bond acceptors (Lipinski definition) is 2. The summed E-state index contributed by atoms with van der Waals surface area (Å²) in [5.74, 6) is 0. The van der Waals surface area contributed by atoms with Crippen LogP contribution >= 0.6 is 23.2 Å². The van der Waals surface area contributed by atoms with Crippen molar-refractivity contribution in [3.8, 4) is 0 Å². The summed E-state index contributed by atoms with van der Waals surface area (Å²) in [7, 11) is 0. The number of halogens is 2. The van der Waals surface area contributed by atoms with E-state index in [-0.39, 0.29) is 6.04 Å². The van der Waals surface area contributed by atoms with Crippen molar-refractivity contribution in [2.75, 3.05) is 19.6 Å². The highest BCUT2D eigenvalue weighted by Crippen LogP contribution is 2.31. The Bertz CT molecular complexity index is 579. The van der Waals surface area contributed by atoms with Crippen LogP contribution < -0.4 is 5.32 Å². The Hall–Kier alpha value is -1.06. The monoisotopic (exact) mass is 348 g/mol. The minimum Gasteiger partial charge on any atom is -0.311 e. The molecular weight excluding hydrogens is 327 g/mol. The highest BCUT2D eigenvalue weighted by molar-refractivity contribution is 6.30. The summed E-state index contributed by atoms with van der Waals surface area (Å²) in [6.07, 6.45) is 1.14. The standard InChI is InChI=1S/C19H22Cl2N2/c1-2-18-13-23(12-11-22-18)19(14-3-7-16(20)8-4-14)15-5-9-17(21)10-6-15/h3-10,18-19,22H,2,11-13H2,1H3/t18-/m0/s1. The van der Waals surface area contributed by atoms with Gasteiger partial charge in [-0.25, -0.2) is 0 Å². The minimum atomic E-state index is 0.237. The largest absolute Gasteiger partial charge is 0.311 e. The van der Waals surface area contributed by atoms with Crippen LogP contribution in [0.1, 0.15) is 30.5 Å². The number of piperazine rings is 1. The van der Waals surface area contributed by atoms with Gasteiger partial charge in [0.1, 0.15) is 0 Å². The number of nitrogens with zero attached hydrogens (tertiary/aromatic N) is 1. The molecule has 2 aromatic carbocycles. The molecule has 0 aromatic heterocycles. The Labute approximate surface area is 148 Å². The van der Waals surface area contributed by atoms with Gasteiger partial charge in [0, 0.05) is 35.7 Å². The Kier molecular flexibility index (Phi) is 5.60. The van der Waals surface area contributed by atoms with Crippen LogP contribution in [0.2, 0.25) is 10.0 Å². The average molecular weight is 349 g/mol. The molecule has 1 heterocycles. The van der Waals surface area contributed by atoms with Crippen LogP contribution in [0.15, 0.2) is 48.5 Å². The average Bonchev–Trinajstić information content (AvgIpc) is 2.59. The lowest BCUT2D eigenvalue weighted by molar-refractivity contribution is 0.162. The van der Waals surface area contributed by atoms with E-state index in [0.29, 0.717) is 6.04 Å². The summed E-state index contributed by atoms with van der Waals surface area (Å²) < 4.78 is 0. The zero-order valence-electron chi connectivity index (χ0n) is 13.3. The molecule has 1 aliphatic rings. The molecule has 1 aliphatic heterocycles. The van der Waals surface area contributed by atoms with Crippen LogP contribution in [-0.4, -0.2) is 30.6 Å². The molecule has 4 heteroatoms. The molecule has 1 N–H and O–H groups in total. The Morgan fingerprint density at radius 2 is 1.52 bits per heavy atom. The molecule has 122 valence electrons. The number of hydrogen-bond donors (Lipinski definition) is 1. The van der Waals surface area contributed by atoms with E-state index in [0.717, 1.165) is 36.1 Å². The predicted octanol–water partition coefficient (Wildman–Crippen LogP) is 4.77. The number of nitrogens with one attached hydrogen (secondary N) is 1. The molecule has 2 aromatic rings. The van der Waals surface area contributed by atoms with Gasteiger partial charge in [-0.2, -0.15) is 0 Å². The van der Waals surface area contributed by atoms with Gasteiger partial charge in [-0.15, -0.1) is 0 Å². The fraction of sp³-hybridized carbons (Fsp3) is 0.368. The summed E-state index contributed by atoms with van der Waals surface area (Å²) in [6.45, 7) is 5.34. The van der Waals surface area contributed by atoms with E-state index in [4.69, 9.17) is 23.2 Å². The normalized spacial score (nSPS) is 19.2. The Balaban J connectivity index is 1.95. The van der Waals surface area contributed by atoms with Gasteiger partial charge in [-0.1, -0.05) is 54.4 Å². The first-order valence-electron chi connectivity index (χ1n) is 8.15. The van der Waals surface area contributed by atoms with Crippen LogP contribution in [-0.2, 0) is 0 Å². The molecule has 0 bridgehead atoms. The van der Waals surface area contributed by atoms with Crippen LogP contribution in [0.4, 0.5) is 0 Å². The maximum absolute atomic E-state index is 6.07. The topological polar surface area (TPSA) is 15.3 Å². The minimum absolute atomic E-state index is 0.237. The predicted molar refractivity (Wildman–Crippen MR) is 98.4 cm³/mol. The highest BCUT2D eigenvalue weighted by atomic mass is 35.5. The van der Waals surface area contributed by atoms with Crippen molar-refractivity contribution < 1.29 is 0 Å². The van der Waals surface area contributed by atoms with Crippen molar-refractivity contribution >= 4 is 23.2 Å². The summed E-state index contributed by atoms with van der Waals surface area (Å²) in [6, 6.07) is 17.2. The van der Waals surface area contributed by atoms with Gasteiger partial charge in [0.25, 0.3) is 0 Å². The lowest BCUT2D eigenvalue weighted by Crippen LogP contribution is -2.51. The zero-order valence-corrected chi connectivity index (χ0v) is 14.8. The van der Waals surface area contributed by atoms with Gasteiger partial charge >= 0.3 is 0 Å². The molecule has 1 saturated heterocycles. The molecule has 0 radical (unpaired) electrons. The van der Waals surface area contributed by atoms with Crippen molar-refractivity contribution in [3.63, 3.8) is 0 Å². The van der Waals surface area contributed by atoms with E-state index in [1.165, 1.54) is 11.1 Å². The molecular formula is C19H22Cl2N2. The van der Waals surface area contributed by atoms with Gasteiger partial charge in [-0.05, 0) is 41.8 Å². The van der Waals surface area contributed by atoms with E-state index >= 15 is 0 Å².